The van der Waals surface area contributed by atoms with Crippen molar-refractivity contribution in [3.63, 3.8) is 0 Å². The molecule has 0 N–H and O–H groups in total. The van der Waals surface area contributed by atoms with Gasteiger partial charge in [0.25, 0.3) is 0 Å². The average Bonchev–Trinajstić information content (AvgIpc) is 3.00. The summed E-state index contributed by atoms with van der Waals surface area (Å²) in [4.78, 5) is 16.4. The largest absolute Gasteiger partial charge is 0.306 e. The van der Waals surface area contributed by atoms with Gasteiger partial charge in [0.05, 0.1) is 6.54 Å². The van der Waals surface area contributed by atoms with Crippen LogP contribution in [-0.2, 0) is 11.3 Å². The fourth-order valence-electron chi connectivity index (χ4n) is 3.77. The summed E-state index contributed by atoms with van der Waals surface area (Å²) in [7, 11) is 0. The van der Waals surface area contributed by atoms with E-state index in [1.54, 1.807) is 11.8 Å². The Labute approximate surface area is 168 Å². The van der Waals surface area contributed by atoms with E-state index in [0.29, 0.717) is 6.54 Å². The topological polar surface area (TPSA) is 20.3 Å². The summed E-state index contributed by atoms with van der Waals surface area (Å²) in [6.45, 7) is 0.603. The minimum absolute atomic E-state index is 0.156. The Hall–Kier alpha value is -3.04. The van der Waals surface area contributed by atoms with Crippen molar-refractivity contribution >= 4 is 34.1 Å². The minimum atomic E-state index is -0.207. The molecule has 0 aromatic heterocycles. The maximum atomic E-state index is 13.3. The van der Waals surface area contributed by atoms with Crippen LogP contribution in [-0.4, -0.2) is 5.91 Å². The molecule has 1 aliphatic heterocycles. The van der Waals surface area contributed by atoms with E-state index in [9.17, 15) is 4.79 Å². The normalized spacial score (nSPS) is 15.8. The molecule has 1 amide bonds. The summed E-state index contributed by atoms with van der Waals surface area (Å²) in [5, 5.41) is 2.21. The van der Waals surface area contributed by atoms with Crippen LogP contribution < -0.4 is 4.90 Å². The Morgan fingerprint density at radius 1 is 0.750 bits per heavy atom. The van der Waals surface area contributed by atoms with Gasteiger partial charge in [-0.15, -0.1) is 11.8 Å². The molecule has 0 saturated carbocycles. The molecule has 0 saturated heterocycles. The first-order valence-corrected chi connectivity index (χ1v) is 10.3. The molecule has 1 atom stereocenters. The van der Waals surface area contributed by atoms with E-state index >= 15 is 0 Å². The van der Waals surface area contributed by atoms with Crippen molar-refractivity contribution in [2.24, 2.45) is 0 Å². The van der Waals surface area contributed by atoms with Gasteiger partial charge in [0.2, 0.25) is 5.91 Å². The first kappa shape index (κ1) is 17.1. The van der Waals surface area contributed by atoms with Crippen molar-refractivity contribution in [3.05, 3.63) is 108 Å². The van der Waals surface area contributed by atoms with E-state index in [4.69, 9.17) is 0 Å². The number of rotatable bonds is 4. The van der Waals surface area contributed by atoms with Gasteiger partial charge in [0.15, 0.2) is 0 Å². The monoisotopic (exact) mass is 381 g/mol. The first-order valence-electron chi connectivity index (χ1n) is 9.39. The van der Waals surface area contributed by atoms with Crippen LogP contribution in [0.3, 0.4) is 0 Å². The molecule has 4 aromatic rings. The zero-order valence-corrected chi connectivity index (χ0v) is 16.1. The second kappa shape index (κ2) is 7.17. The highest BCUT2D eigenvalue weighted by Gasteiger charge is 2.37. The fourth-order valence-corrected chi connectivity index (χ4v) is 4.94. The number of hydrogen-bond donors (Lipinski definition) is 0. The van der Waals surface area contributed by atoms with Crippen LogP contribution in [0.5, 0.6) is 0 Å². The van der Waals surface area contributed by atoms with Gasteiger partial charge >= 0.3 is 0 Å². The highest BCUT2D eigenvalue weighted by atomic mass is 32.2. The number of carbonyl (C=O) groups excluding carboxylic acids is 1. The Morgan fingerprint density at radius 3 is 2.32 bits per heavy atom. The number of benzene rings is 4. The third-order valence-electron chi connectivity index (χ3n) is 5.16. The Kier molecular flexibility index (Phi) is 4.38. The number of amides is 1. The van der Waals surface area contributed by atoms with Gasteiger partial charge in [0, 0.05) is 10.6 Å². The fraction of sp³-hybridized carbons (Fsp3) is 0.0800. The molecule has 0 radical (unpaired) electrons. The van der Waals surface area contributed by atoms with E-state index in [2.05, 4.69) is 54.6 Å². The van der Waals surface area contributed by atoms with Gasteiger partial charge < -0.3 is 4.90 Å². The predicted molar refractivity (Wildman–Crippen MR) is 117 cm³/mol. The standard InChI is InChI=1S/C25H19NOS/c27-25-24(28-21-15-14-19-10-4-5-11-20(19)16-21)22-12-6-7-13-23(22)26(25)17-18-8-2-1-3-9-18/h1-16,24H,17H2. The van der Waals surface area contributed by atoms with Crippen molar-refractivity contribution in [2.75, 3.05) is 4.90 Å². The van der Waals surface area contributed by atoms with Crippen LogP contribution in [0.25, 0.3) is 10.8 Å². The highest BCUT2D eigenvalue weighted by Crippen LogP contribution is 2.47. The molecule has 4 aromatic carbocycles. The number of para-hydroxylation sites is 1. The Morgan fingerprint density at radius 2 is 1.46 bits per heavy atom. The summed E-state index contributed by atoms with van der Waals surface area (Å²) in [6, 6.07) is 33.1. The lowest BCUT2D eigenvalue weighted by atomic mass is 10.1. The third-order valence-corrected chi connectivity index (χ3v) is 6.38. The van der Waals surface area contributed by atoms with Crippen LogP contribution in [0.4, 0.5) is 5.69 Å². The number of thioether (sulfide) groups is 1. The smallest absolute Gasteiger partial charge is 0.245 e. The van der Waals surface area contributed by atoms with Crippen LogP contribution >= 0.6 is 11.8 Å². The zero-order chi connectivity index (χ0) is 18.9. The van der Waals surface area contributed by atoms with Crippen molar-refractivity contribution in [1.29, 1.82) is 0 Å². The molecular weight excluding hydrogens is 362 g/mol. The first-order chi connectivity index (χ1) is 13.8. The molecule has 0 spiro atoms. The van der Waals surface area contributed by atoms with E-state index in [-0.39, 0.29) is 11.2 Å². The molecule has 3 heteroatoms. The van der Waals surface area contributed by atoms with Crippen molar-refractivity contribution in [2.45, 2.75) is 16.7 Å². The number of carbonyl (C=O) groups is 1. The molecular formula is C25H19NOS. The number of hydrogen-bond acceptors (Lipinski definition) is 2. The van der Waals surface area contributed by atoms with Crippen LogP contribution in [0.15, 0.2) is 102 Å². The number of anilines is 1. The van der Waals surface area contributed by atoms with Gasteiger partial charge in [-0.2, -0.15) is 0 Å². The maximum absolute atomic E-state index is 13.3. The maximum Gasteiger partial charge on any atom is 0.245 e. The molecule has 1 unspecified atom stereocenters. The van der Waals surface area contributed by atoms with E-state index in [1.807, 2.05) is 47.4 Å². The molecule has 28 heavy (non-hydrogen) atoms. The van der Waals surface area contributed by atoms with Crippen LogP contribution in [0.2, 0.25) is 0 Å². The van der Waals surface area contributed by atoms with Crippen molar-refractivity contribution in [1.82, 2.24) is 0 Å². The molecule has 1 aliphatic rings. The molecule has 136 valence electrons. The lowest BCUT2D eigenvalue weighted by Crippen LogP contribution is -2.27. The van der Waals surface area contributed by atoms with E-state index in [0.717, 1.165) is 21.7 Å². The molecule has 2 nitrogen and oxygen atoms in total. The molecule has 1 heterocycles. The molecule has 0 bridgehead atoms. The summed E-state index contributed by atoms with van der Waals surface area (Å²) in [5.41, 5.74) is 3.26. The molecule has 0 aliphatic carbocycles. The second-order valence-electron chi connectivity index (χ2n) is 6.98. The van der Waals surface area contributed by atoms with Gasteiger partial charge in [-0.25, -0.2) is 0 Å². The average molecular weight is 382 g/mol. The van der Waals surface area contributed by atoms with Crippen molar-refractivity contribution in [3.8, 4) is 0 Å². The summed E-state index contributed by atoms with van der Waals surface area (Å²) in [5.74, 6) is 0.156. The predicted octanol–water partition coefficient (Wildman–Crippen LogP) is 6.22. The second-order valence-corrected chi connectivity index (χ2v) is 8.15. The van der Waals surface area contributed by atoms with Gasteiger partial charge in [-0.3, -0.25) is 4.79 Å². The number of nitrogens with zero attached hydrogens (tertiary/aromatic N) is 1. The van der Waals surface area contributed by atoms with Gasteiger partial charge in [-0.1, -0.05) is 78.9 Å². The molecule has 0 fully saturated rings. The van der Waals surface area contributed by atoms with Gasteiger partial charge in [-0.05, 0) is 40.1 Å². The van der Waals surface area contributed by atoms with Crippen LogP contribution in [0, 0.1) is 0 Å². The SMILES string of the molecule is O=C1C(Sc2ccc3ccccc3c2)c2ccccc2N1Cc1ccccc1. The van der Waals surface area contributed by atoms with E-state index < -0.39 is 0 Å². The quantitative estimate of drug-likeness (QED) is 0.418. The Balaban J connectivity index is 1.48. The highest BCUT2D eigenvalue weighted by molar-refractivity contribution is 8.00. The lowest BCUT2D eigenvalue weighted by Gasteiger charge is -2.18. The Bertz CT molecular complexity index is 1160. The van der Waals surface area contributed by atoms with E-state index in [1.165, 1.54) is 10.8 Å². The third kappa shape index (κ3) is 3.08. The zero-order valence-electron chi connectivity index (χ0n) is 15.3. The van der Waals surface area contributed by atoms with Crippen LogP contribution in [0.1, 0.15) is 16.4 Å². The lowest BCUT2D eigenvalue weighted by molar-refractivity contribution is -0.117. The molecule has 5 rings (SSSR count). The van der Waals surface area contributed by atoms with Crippen molar-refractivity contribution < 1.29 is 4.79 Å². The summed E-state index contributed by atoms with van der Waals surface area (Å²) < 4.78 is 0. The summed E-state index contributed by atoms with van der Waals surface area (Å²) in [6.07, 6.45) is 0. The number of fused-ring (bicyclic) bond motifs is 2. The minimum Gasteiger partial charge on any atom is -0.306 e. The van der Waals surface area contributed by atoms with Gasteiger partial charge in [0.1, 0.15) is 5.25 Å². The summed E-state index contributed by atoms with van der Waals surface area (Å²) >= 11 is 1.64.